The molecule has 0 radical (unpaired) electrons. The molecule has 0 bridgehead atoms. The monoisotopic (exact) mass is 228 g/mol. The smallest absolute Gasteiger partial charge is 0.166 e. The minimum atomic E-state index is -0.379. The van der Waals surface area contributed by atoms with Crippen molar-refractivity contribution >= 4 is 17.4 Å². The van der Waals surface area contributed by atoms with E-state index in [0.29, 0.717) is 10.8 Å². The third-order valence-corrected chi connectivity index (χ3v) is 3.08. The van der Waals surface area contributed by atoms with Crippen LogP contribution in [0, 0.1) is 11.7 Å². The molecule has 1 fully saturated rings. The Bertz CT molecular complexity index is 339. The number of halogens is 2. The Morgan fingerprint density at radius 2 is 2.33 bits per heavy atom. The lowest BCUT2D eigenvalue weighted by Crippen LogP contribution is -2.16. The quantitative estimate of drug-likeness (QED) is 0.854. The fraction of sp³-hybridized carbons (Fsp3) is 0.545. The highest BCUT2D eigenvalue weighted by Crippen LogP contribution is 2.29. The Kier molecular flexibility index (Phi) is 3.41. The van der Waals surface area contributed by atoms with E-state index in [1.54, 1.807) is 0 Å². The molecule has 0 atom stereocenters. The standard InChI is InChI=1S/C11H14ClFN2/c12-9-6-10(13)11(15-7-9)14-5-4-8-2-1-3-8/h6-8H,1-5H2,(H,14,15). The molecule has 2 rings (SSSR count). The first kappa shape index (κ1) is 10.7. The second-order valence-corrected chi connectivity index (χ2v) is 4.43. The molecule has 1 aliphatic carbocycles. The van der Waals surface area contributed by atoms with Crippen LogP contribution in [0.2, 0.25) is 5.02 Å². The van der Waals surface area contributed by atoms with Gasteiger partial charge in [-0.25, -0.2) is 9.37 Å². The van der Waals surface area contributed by atoms with Gasteiger partial charge in [-0.15, -0.1) is 0 Å². The van der Waals surface area contributed by atoms with Gasteiger partial charge in [0.15, 0.2) is 11.6 Å². The van der Waals surface area contributed by atoms with Gasteiger partial charge in [0.1, 0.15) is 0 Å². The van der Waals surface area contributed by atoms with Crippen molar-refractivity contribution in [1.29, 1.82) is 0 Å². The molecule has 0 aromatic carbocycles. The van der Waals surface area contributed by atoms with E-state index in [1.807, 2.05) is 0 Å². The molecular weight excluding hydrogens is 215 g/mol. The second kappa shape index (κ2) is 4.79. The van der Waals surface area contributed by atoms with E-state index >= 15 is 0 Å². The van der Waals surface area contributed by atoms with E-state index in [1.165, 1.54) is 31.5 Å². The summed E-state index contributed by atoms with van der Waals surface area (Å²) in [6, 6.07) is 1.28. The largest absolute Gasteiger partial charge is 0.368 e. The molecule has 0 amide bonds. The van der Waals surface area contributed by atoms with Gasteiger partial charge >= 0.3 is 0 Å². The Hall–Kier alpha value is -0.830. The van der Waals surface area contributed by atoms with Crippen LogP contribution in [-0.2, 0) is 0 Å². The van der Waals surface area contributed by atoms with E-state index < -0.39 is 0 Å². The highest BCUT2D eigenvalue weighted by Gasteiger charge is 2.16. The fourth-order valence-electron chi connectivity index (χ4n) is 1.72. The van der Waals surface area contributed by atoms with Crippen molar-refractivity contribution in [2.24, 2.45) is 5.92 Å². The van der Waals surface area contributed by atoms with Gasteiger partial charge in [0.25, 0.3) is 0 Å². The van der Waals surface area contributed by atoms with E-state index in [9.17, 15) is 4.39 Å². The summed E-state index contributed by atoms with van der Waals surface area (Å²) >= 11 is 5.60. The van der Waals surface area contributed by atoms with E-state index in [4.69, 9.17) is 11.6 Å². The average molecular weight is 229 g/mol. The van der Waals surface area contributed by atoms with Gasteiger partial charge in [-0.3, -0.25) is 0 Å². The van der Waals surface area contributed by atoms with Crippen molar-refractivity contribution in [2.45, 2.75) is 25.7 Å². The number of rotatable bonds is 4. The molecule has 1 heterocycles. The van der Waals surface area contributed by atoms with Crippen molar-refractivity contribution < 1.29 is 4.39 Å². The Morgan fingerprint density at radius 1 is 1.53 bits per heavy atom. The minimum absolute atomic E-state index is 0.304. The number of pyridine rings is 1. The van der Waals surface area contributed by atoms with Crippen LogP contribution in [0.4, 0.5) is 10.2 Å². The molecule has 0 aliphatic heterocycles. The molecule has 4 heteroatoms. The number of aromatic nitrogens is 1. The van der Waals surface area contributed by atoms with Crippen molar-refractivity contribution in [1.82, 2.24) is 4.98 Å². The predicted octanol–water partition coefficient (Wildman–Crippen LogP) is 3.48. The van der Waals surface area contributed by atoms with E-state index in [2.05, 4.69) is 10.3 Å². The van der Waals surface area contributed by atoms with Gasteiger partial charge in [0, 0.05) is 12.7 Å². The summed E-state index contributed by atoms with van der Waals surface area (Å²) < 4.78 is 13.3. The second-order valence-electron chi connectivity index (χ2n) is 4.00. The summed E-state index contributed by atoms with van der Waals surface area (Å²) in [6.07, 6.45) is 6.54. The number of anilines is 1. The van der Waals surface area contributed by atoms with E-state index in [-0.39, 0.29) is 5.82 Å². The number of hydrogen-bond donors (Lipinski definition) is 1. The van der Waals surface area contributed by atoms with Crippen LogP contribution in [0.25, 0.3) is 0 Å². The maximum Gasteiger partial charge on any atom is 0.166 e. The maximum atomic E-state index is 13.3. The number of nitrogens with one attached hydrogen (secondary N) is 1. The SMILES string of the molecule is Fc1cc(Cl)cnc1NCCC1CCC1. The van der Waals surface area contributed by atoms with Crippen LogP contribution in [0.3, 0.4) is 0 Å². The van der Waals surface area contributed by atoms with Gasteiger partial charge in [0.2, 0.25) is 0 Å². The lowest BCUT2D eigenvalue weighted by molar-refractivity contribution is 0.302. The Balaban J connectivity index is 1.81. The Morgan fingerprint density at radius 3 is 2.93 bits per heavy atom. The molecule has 82 valence electrons. The zero-order chi connectivity index (χ0) is 10.7. The molecule has 2 nitrogen and oxygen atoms in total. The lowest BCUT2D eigenvalue weighted by Gasteiger charge is -2.25. The van der Waals surface area contributed by atoms with Crippen molar-refractivity contribution in [3.8, 4) is 0 Å². The first-order chi connectivity index (χ1) is 7.25. The molecule has 0 saturated heterocycles. The van der Waals surface area contributed by atoms with Gasteiger partial charge in [-0.05, 0) is 18.4 Å². The highest BCUT2D eigenvalue weighted by atomic mass is 35.5. The van der Waals surface area contributed by atoms with Crippen molar-refractivity contribution in [2.75, 3.05) is 11.9 Å². The normalized spacial score (nSPS) is 16.1. The third kappa shape index (κ3) is 2.81. The van der Waals surface area contributed by atoms with Crippen LogP contribution in [-0.4, -0.2) is 11.5 Å². The summed E-state index contributed by atoms with van der Waals surface area (Å²) in [5, 5.41) is 3.33. The van der Waals surface area contributed by atoms with Crippen LogP contribution in [0.15, 0.2) is 12.3 Å². The number of nitrogens with zero attached hydrogens (tertiary/aromatic N) is 1. The lowest BCUT2D eigenvalue weighted by atomic mass is 9.83. The summed E-state index contributed by atoms with van der Waals surface area (Å²) in [4.78, 5) is 3.90. The molecule has 1 aromatic rings. The van der Waals surface area contributed by atoms with Crippen molar-refractivity contribution in [3.05, 3.63) is 23.1 Å². The fourth-order valence-corrected chi connectivity index (χ4v) is 1.87. The summed E-state index contributed by atoms with van der Waals surface area (Å²) in [5.74, 6) is 0.752. The molecule has 0 unspecified atom stereocenters. The Labute approximate surface area is 93.9 Å². The number of hydrogen-bond acceptors (Lipinski definition) is 2. The summed E-state index contributed by atoms with van der Waals surface area (Å²) in [7, 11) is 0. The van der Waals surface area contributed by atoms with Crippen molar-refractivity contribution in [3.63, 3.8) is 0 Å². The molecule has 1 aromatic heterocycles. The van der Waals surface area contributed by atoms with Gasteiger partial charge in [0.05, 0.1) is 5.02 Å². The molecule has 1 aliphatic rings. The minimum Gasteiger partial charge on any atom is -0.368 e. The van der Waals surface area contributed by atoms with Gasteiger partial charge in [-0.2, -0.15) is 0 Å². The predicted molar refractivity (Wildman–Crippen MR) is 59.7 cm³/mol. The third-order valence-electron chi connectivity index (χ3n) is 2.88. The molecule has 0 spiro atoms. The van der Waals surface area contributed by atoms with Crippen LogP contribution >= 0.6 is 11.6 Å². The van der Waals surface area contributed by atoms with Crippen LogP contribution in [0.5, 0.6) is 0 Å². The highest BCUT2D eigenvalue weighted by molar-refractivity contribution is 6.30. The zero-order valence-corrected chi connectivity index (χ0v) is 9.23. The molecule has 15 heavy (non-hydrogen) atoms. The zero-order valence-electron chi connectivity index (χ0n) is 8.47. The first-order valence-corrected chi connectivity index (χ1v) is 5.68. The van der Waals surface area contributed by atoms with E-state index in [0.717, 1.165) is 18.9 Å². The maximum absolute atomic E-state index is 13.3. The topological polar surface area (TPSA) is 24.9 Å². The van der Waals surface area contributed by atoms with Crippen LogP contribution in [0.1, 0.15) is 25.7 Å². The summed E-state index contributed by atoms with van der Waals surface area (Å²) in [5.41, 5.74) is 0. The molecule has 1 saturated carbocycles. The van der Waals surface area contributed by atoms with Crippen LogP contribution < -0.4 is 5.32 Å². The molecular formula is C11H14ClFN2. The summed E-state index contributed by atoms with van der Waals surface area (Å²) in [6.45, 7) is 0.788. The molecule has 1 N–H and O–H groups in total. The van der Waals surface area contributed by atoms with Gasteiger partial charge < -0.3 is 5.32 Å². The van der Waals surface area contributed by atoms with Gasteiger partial charge in [-0.1, -0.05) is 30.9 Å². The average Bonchev–Trinajstić information content (AvgIpc) is 2.12. The first-order valence-electron chi connectivity index (χ1n) is 5.30.